The van der Waals surface area contributed by atoms with Crippen LogP contribution in [0, 0.1) is 0 Å². The van der Waals surface area contributed by atoms with Crippen molar-refractivity contribution >= 4 is 38.9 Å². The van der Waals surface area contributed by atoms with Gasteiger partial charge in [0.1, 0.15) is 18.0 Å². The number of sulfonamides is 1. The van der Waals surface area contributed by atoms with Gasteiger partial charge < -0.3 is 14.8 Å². The molecule has 0 saturated carbocycles. The third-order valence-corrected chi connectivity index (χ3v) is 4.90. The molecule has 2 aromatic rings. The Kier molecular flexibility index (Phi) is 6.33. The Morgan fingerprint density at radius 1 is 1.15 bits per heavy atom. The zero-order valence-electron chi connectivity index (χ0n) is 14.5. The summed E-state index contributed by atoms with van der Waals surface area (Å²) in [7, 11) is -0.718. The van der Waals surface area contributed by atoms with E-state index in [4.69, 9.17) is 21.1 Å². The van der Waals surface area contributed by atoms with Gasteiger partial charge in [-0.3, -0.25) is 9.10 Å². The molecule has 1 amide bonds. The topological polar surface area (TPSA) is 84.9 Å². The van der Waals surface area contributed by atoms with Gasteiger partial charge in [0.15, 0.2) is 0 Å². The molecular formula is C17H19ClN2O5S. The lowest BCUT2D eigenvalue weighted by Crippen LogP contribution is -2.37. The number of anilines is 2. The summed E-state index contributed by atoms with van der Waals surface area (Å²) in [6.45, 7) is -0.393. The van der Waals surface area contributed by atoms with Gasteiger partial charge in [0.2, 0.25) is 15.9 Å². The van der Waals surface area contributed by atoms with Gasteiger partial charge in [0.25, 0.3) is 0 Å². The number of rotatable bonds is 7. The van der Waals surface area contributed by atoms with Crippen LogP contribution in [0.25, 0.3) is 0 Å². The van der Waals surface area contributed by atoms with Crippen molar-refractivity contribution in [2.75, 3.05) is 36.6 Å². The van der Waals surface area contributed by atoms with Crippen LogP contribution in [0.3, 0.4) is 0 Å². The molecule has 2 rings (SSSR count). The van der Waals surface area contributed by atoms with Crippen molar-refractivity contribution in [1.29, 1.82) is 0 Å². The maximum atomic E-state index is 12.3. The molecular weight excluding hydrogens is 380 g/mol. The van der Waals surface area contributed by atoms with Crippen LogP contribution < -0.4 is 19.1 Å². The van der Waals surface area contributed by atoms with Crippen LogP contribution in [-0.2, 0) is 14.8 Å². The molecule has 0 aliphatic carbocycles. The highest BCUT2D eigenvalue weighted by molar-refractivity contribution is 7.92. The van der Waals surface area contributed by atoms with E-state index in [9.17, 15) is 13.2 Å². The number of carbonyl (C=O) groups is 1. The highest BCUT2D eigenvalue weighted by atomic mass is 35.5. The van der Waals surface area contributed by atoms with Gasteiger partial charge in [-0.15, -0.1) is 0 Å². The number of amides is 1. The van der Waals surface area contributed by atoms with Crippen molar-refractivity contribution in [2.45, 2.75) is 0 Å². The fourth-order valence-corrected chi connectivity index (χ4v) is 3.35. The van der Waals surface area contributed by atoms with Crippen molar-refractivity contribution in [2.24, 2.45) is 0 Å². The number of benzene rings is 2. The Morgan fingerprint density at radius 2 is 1.88 bits per heavy atom. The summed E-state index contributed by atoms with van der Waals surface area (Å²) in [5.41, 5.74) is 0.759. The van der Waals surface area contributed by atoms with Crippen LogP contribution in [0.2, 0.25) is 5.02 Å². The van der Waals surface area contributed by atoms with Crippen molar-refractivity contribution in [3.63, 3.8) is 0 Å². The fourth-order valence-electron chi connectivity index (χ4n) is 2.24. The average Bonchev–Trinajstić information content (AvgIpc) is 2.59. The van der Waals surface area contributed by atoms with Crippen molar-refractivity contribution in [1.82, 2.24) is 0 Å². The molecule has 0 heterocycles. The van der Waals surface area contributed by atoms with E-state index in [0.29, 0.717) is 27.9 Å². The molecule has 140 valence electrons. The second-order valence-corrected chi connectivity index (χ2v) is 7.68. The number of hydrogen-bond donors (Lipinski definition) is 1. The fraction of sp³-hybridized carbons (Fsp3) is 0.235. The standard InChI is InChI=1S/C17H19ClN2O5S/c1-24-14-6-4-5-13(10-14)20(26(3,22)23)11-17(21)19-12-7-8-16(25-2)15(18)9-12/h4-10H,11H2,1-3H3,(H,19,21). The average molecular weight is 399 g/mol. The molecule has 0 spiro atoms. The van der Waals surface area contributed by atoms with Crippen LogP contribution in [0.15, 0.2) is 42.5 Å². The number of methoxy groups -OCH3 is 2. The van der Waals surface area contributed by atoms with E-state index in [0.717, 1.165) is 10.6 Å². The lowest BCUT2D eigenvalue weighted by Gasteiger charge is -2.22. The molecule has 7 nitrogen and oxygen atoms in total. The Morgan fingerprint density at radius 3 is 2.46 bits per heavy atom. The minimum absolute atomic E-state index is 0.328. The number of halogens is 1. The van der Waals surface area contributed by atoms with Crippen molar-refractivity contribution in [3.05, 3.63) is 47.5 Å². The van der Waals surface area contributed by atoms with Gasteiger partial charge in [-0.2, -0.15) is 0 Å². The smallest absolute Gasteiger partial charge is 0.245 e. The monoisotopic (exact) mass is 398 g/mol. The molecule has 0 fully saturated rings. The molecule has 0 aliphatic heterocycles. The molecule has 0 aliphatic rings. The van der Waals surface area contributed by atoms with Crippen LogP contribution in [0.1, 0.15) is 0 Å². The zero-order valence-corrected chi connectivity index (χ0v) is 16.1. The maximum absolute atomic E-state index is 12.3. The van der Waals surface area contributed by atoms with Gasteiger partial charge in [-0.1, -0.05) is 17.7 Å². The molecule has 0 unspecified atom stereocenters. The van der Waals surface area contributed by atoms with Crippen LogP contribution in [0.4, 0.5) is 11.4 Å². The van der Waals surface area contributed by atoms with Crippen LogP contribution in [-0.4, -0.2) is 41.3 Å². The lowest BCUT2D eigenvalue weighted by molar-refractivity contribution is -0.114. The van der Waals surface area contributed by atoms with Crippen LogP contribution >= 0.6 is 11.6 Å². The minimum atomic E-state index is -3.68. The predicted octanol–water partition coefficient (Wildman–Crippen LogP) is 2.76. The first-order chi connectivity index (χ1) is 12.2. The van der Waals surface area contributed by atoms with Crippen molar-refractivity contribution < 1.29 is 22.7 Å². The van der Waals surface area contributed by atoms with E-state index in [1.165, 1.54) is 20.3 Å². The van der Waals surface area contributed by atoms with E-state index in [2.05, 4.69) is 5.32 Å². The van der Waals surface area contributed by atoms with Gasteiger partial charge in [-0.05, 0) is 30.3 Å². The normalized spacial score (nSPS) is 10.9. The van der Waals surface area contributed by atoms with E-state index in [1.807, 2.05) is 0 Å². The number of nitrogens with zero attached hydrogens (tertiary/aromatic N) is 1. The Hall–Kier alpha value is -2.45. The zero-order chi connectivity index (χ0) is 19.3. The third kappa shape index (κ3) is 5.03. The Labute approximate surface area is 157 Å². The molecule has 9 heteroatoms. The van der Waals surface area contributed by atoms with E-state index >= 15 is 0 Å². The molecule has 0 saturated heterocycles. The largest absolute Gasteiger partial charge is 0.497 e. The summed E-state index contributed by atoms with van der Waals surface area (Å²) in [6, 6.07) is 11.2. The first-order valence-electron chi connectivity index (χ1n) is 7.49. The molecule has 1 N–H and O–H groups in total. The summed E-state index contributed by atoms with van der Waals surface area (Å²) >= 11 is 6.02. The van der Waals surface area contributed by atoms with Gasteiger partial charge in [0.05, 0.1) is 31.2 Å². The summed E-state index contributed by atoms with van der Waals surface area (Å²) in [5.74, 6) is 0.441. The summed E-state index contributed by atoms with van der Waals surface area (Å²) in [4.78, 5) is 12.3. The summed E-state index contributed by atoms with van der Waals surface area (Å²) in [5, 5.41) is 2.95. The molecule has 0 radical (unpaired) electrons. The summed E-state index contributed by atoms with van der Waals surface area (Å²) in [6.07, 6.45) is 1.03. The first-order valence-corrected chi connectivity index (χ1v) is 9.72. The predicted molar refractivity (Wildman–Crippen MR) is 102 cm³/mol. The summed E-state index contributed by atoms with van der Waals surface area (Å²) < 4.78 is 35.4. The molecule has 2 aromatic carbocycles. The van der Waals surface area contributed by atoms with Crippen LogP contribution in [0.5, 0.6) is 11.5 Å². The number of ether oxygens (including phenoxy) is 2. The minimum Gasteiger partial charge on any atom is -0.497 e. The number of nitrogens with one attached hydrogen (secondary N) is 1. The second kappa shape index (κ2) is 8.29. The molecule has 0 aromatic heterocycles. The molecule has 0 atom stereocenters. The molecule has 0 bridgehead atoms. The number of carbonyl (C=O) groups excluding carboxylic acids is 1. The third-order valence-electron chi connectivity index (χ3n) is 3.46. The molecule has 26 heavy (non-hydrogen) atoms. The maximum Gasteiger partial charge on any atom is 0.245 e. The van der Waals surface area contributed by atoms with E-state index < -0.39 is 22.5 Å². The number of hydrogen-bond acceptors (Lipinski definition) is 5. The SMILES string of the molecule is COc1cccc(N(CC(=O)Nc2ccc(OC)c(Cl)c2)S(C)(=O)=O)c1. The highest BCUT2D eigenvalue weighted by Crippen LogP contribution is 2.27. The van der Waals surface area contributed by atoms with Gasteiger partial charge in [0, 0.05) is 11.8 Å². The van der Waals surface area contributed by atoms with E-state index in [1.54, 1.807) is 36.4 Å². The Bertz CT molecular complexity index is 902. The van der Waals surface area contributed by atoms with Gasteiger partial charge in [-0.25, -0.2) is 8.42 Å². The highest BCUT2D eigenvalue weighted by Gasteiger charge is 2.21. The quantitative estimate of drug-likeness (QED) is 0.775. The second-order valence-electron chi connectivity index (χ2n) is 5.37. The first kappa shape index (κ1) is 19.9. The van der Waals surface area contributed by atoms with E-state index in [-0.39, 0.29) is 0 Å². The van der Waals surface area contributed by atoms with Crippen molar-refractivity contribution in [3.8, 4) is 11.5 Å². The Balaban J connectivity index is 2.20. The lowest BCUT2D eigenvalue weighted by atomic mass is 10.3. The van der Waals surface area contributed by atoms with Gasteiger partial charge >= 0.3 is 0 Å².